The van der Waals surface area contributed by atoms with Crippen LogP contribution in [0.25, 0.3) is 0 Å². The van der Waals surface area contributed by atoms with Crippen molar-refractivity contribution in [2.24, 2.45) is 28.6 Å². The van der Waals surface area contributed by atoms with E-state index in [-0.39, 0.29) is 23.7 Å². The van der Waals surface area contributed by atoms with Gasteiger partial charge in [-0.2, -0.15) is 0 Å². The lowest BCUT2D eigenvalue weighted by atomic mass is 9.45. The van der Waals surface area contributed by atoms with E-state index < -0.39 is 11.6 Å². The number of hydrogen-bond acceptors (Lipinski definition) is 3. The third kappa shape index (κ3) is 3.75. The normalized spacial score (nSPS) is 41.1. The molecule has 2 aliphatic rings. The number of carbonyl (C=O) groups excluding carboxylic acids is 1. The van der Waals surface area contributed by atoms with Crippen LogP contribution in [0.5, 0.6) is 0 Å². The second-order valence-electron chi connectivity index (χ2n) is 9.61. The van der Waals surface area contributed by atoms with E-state index in [4.69, 9.17) is 0 Å². The summed E-state index contributed by atoms with van der Waals surface area (Å²) in [5.41, 5.74) is -0.108. The molecule has 2 aliphatic carbocycles. The van der Waals surface area contributed by atoms with Crippen LogP contribution in [0.4, 0.5) is 0 Å². The zero-order valence-corrected chi connectivity index (χ0v) is 15.7. The van der Waals surface area contributed by atoms with Crippen LogP contribution >= 0.6 is 0 Å². The van der Waals surface area contributed by atoms with Gasteiger partial charge in [0.1, 0.15) is 0 Å². The van der Waals surface area contributed by atoms with Gasteiger partial charge in [0, 0.05) is 5.97 Å². The highest BCUT2D eigenvalue weighted by atomic mass is 16.4. The zero-order chi connectivity index (χ0) is 17.5. The maximum Gasteiger partial charge on any atom is 0.0653 e. The quantitative estimate of drug-likeness (QED) is 0.842. The number of rotatable bonds is 5. The Balaban J connectivity index is 2.17. The SMILES string of the molecule is C[C@H](CC[C@H]1[C@]2(C)CCCC(C)(C)[C@@H]2CC[C@@]1(C)O)CC(=O)[O-]. The Kier molecular flexibility index (Phi) is 5.21. The molecule has 3 nitrogen and oxygen atoms in total. The second-order valence-corrected chi connectivity index (χ2v) is 9.61. The van der Waals surface area contributed by atoms with Gasteiger partial charge in [-0.25, -0.2) is 0 Å². The Labute approximate surface area is 141 Å². The molecule has 134 valence electrons. The molecule has 0 heterocycles. The topological polar surface area (TPSA) is 60.4 Å². The van der Waals surface area contributed by atoms with Gasteiger partial charge < -0.3 is 15.0 Å². The molecule has 0 saturated heterocycles. The van der Waals surface area contributed by atoms with Crippen LogP contribution in [0.3, 0.4) is 0 Å². The Bertz CT molecular complexity index is 440. The first-order chi connectivity index (χ1) is 10.5. The van der Waals surface area contributed by atoms with Gasteiger partial charge in [0.15, 0.2) is 0 Å². The molecule has 0 radical (unpaired) electrons. The van der Waals surface area contributed by atoms with Crippen LogP contribution in [0.15, 0.2) is 0 Å². The lowest BCUT2D eigenvalue weighted by molar-refractivity contribution is -0.306. The van der Waals surface area contributed by atoms with Crippen molar-refractivity contribution in [3.8, 4) is 0 Å². The molecule has 2 rings (SSSR count). The lowest BCUT2D eigenvalue weighted by Crippen LogP contribution is -2.57. The number of carboxylic acid groups (broad SMARTS) is 1. The van der Waals surface area contributed by atoms with Crippen LogP contribution in [0.1, 0.15) is 86.0 Å². The molecule has 0 aromatic carbocycles. The molecule has 2 saturated carbocycles. The molecular weight excluding hydrogens is 288 g/mol. The highest BCUT2D eigenvalue weighted by molar-refractivity contribution is 5.64. The van der Waals surface area contributed by atoms with Crippen molar-refractivity contribution >= 4 is 5.97 Å². The minimum Gasteiger partial charge on any atom is -0.550 e. The van der Waals surface area contributed by atoms with Crippen molar-refractivity contribution in [1.29, 1.82) is 0 Å². The maximum absolute atomic E-state index is 11.1. The van der Waals surface area contributed by atoms with Crippen molar-refractivity contribution in [3.05, 3.63) is 0 Å². The number of aliphatic hydroxyl groups is 1. The van der Waals surface area contributed by atoms with E-state index in [1.54, 1.807) is 0 Å². The summed E-state index contributed by atoms with van der Waals surface area (Å²) in [7, 11) is 0. The number of carbonyl (C=O) groups is 1. The van der Waals surface area contributed by atoms with E-state index in [1.165, 1.54) is 19.3 Å². The second kappa shape index (κ2) is 6.38. The van der Waals surface area contributed by atoms with E-state index >= 15 is 0 Å². The van der Waals surface area contributed by atoms with Gasteiger partial charge in [0.05, 0.1) is 5.60 Å². The summed E-state index contributed by atoms with van der Waals surface area (Å²) in [5, 5.41) is 21.9. The van der Waals surface area contributed by atoms with Crippen molar-refractivity contribution in [1.82, 2.24) is 0 Å². The molecule has 23 heavy (non-hydrogen) atoms. The van der Waals surface area contributed by atoms with E-state index in [2.05, 4.69) is 20.8 Å². The van der Waals surface area contributed by atoms with Crippen molar-refractivity contribution in [3.63, 3.8) is 0 Å². The third-order valence-corrected chi connectivity index (χ3v) is 7.23. The van der Waals surface area contributed by atoms with Gasteiger partial charge in [0.25, 0.3) is 0 Å². The number of carboxylic acids is 1. The predicted octanol–water partition coefficient (Wildman–Crippen LogP) is 3.54. The minimum absolute atomic E-state index is 0.122. The molecule has 0 bridgehead atoms. The summed E-state index contributed by atoms with van der Waals surface area (Å²) in [6.45, 7) is 11.2. The molecule has 5 atom stereocenters. The van der Waals surface area contributed by atoms with Gasteiger partial charge in [0.2, 0.25) is 0 Å². The third-order valence-electron chi connectivity index (χ3n) is 7.23. The summed E-state index contributed by atoms with van der Waals surface area (Å²) < 4.78 is 0. The number of aliphatic carboxylic acids is 1. The summed E-state index contributed by atoms with van der Waals surface area (Å²) in [6, 6.07) is 0. The van der Waals surface area contributed by atoms with E-state index in [9.17, 15) is 15.0 Å². The predicted molar refractivity (Wildman–Crippen MR) is 90.6 cm³/mol. The van der Waals surface area contributed by atoms with Gasteiger partial charge in [-0.3, -0.25) is 0 Å². The zero-order valence-electron chi connectivity index (χ0n) is 15.7. The van der Waals surface area contributed by atoms with Crippen LogP contribution in [-0.2, 0) is 4.79 Å². The van der Waals surface area contributed by atoms with Crippen LogP contribution in [0, 0.1) is 28.6 Å². The fraction of sp³-hybridized carbons (Fsp3) is 0.950. The highest BCUT2D eigenvalue weighted by Gasteiger charge is 2.57. The molecule has 0 unspecified atom stereocenters. The lowest BCUT2D eigenvalue weighted by Gasteiger charge is -2.61. The smallest absolute Gasteiger partial charge is 0.0653 e. The van der Waals surface area contributed by atoms with E-state index in [0.717, 1.165) is 25.7 Å². The Morgan fingerprint density at radius 3 is 2.48 bits per heavy atom. The van der Waals surface area contributed by atoms with Crippen molar-refractivity contribution < 1.29 is 15.0 Å². The van der Waals surface area contributed by atoms with Crippen molar-refractivity contribution in [2.45, 2.75) is 91.6 Å². The number of fused-ring (bicyclic) bond motifs is 1. The fourth-order valence-electron chi connectivity index (χ4n) is 6.10. The number of hydrogen-bond donors (Lipinski definition) is 1. The standard InChI is InChI=1S/C20H36O3/c1-14(13-17(21)22)7-8-16-19(4)11-6-10-18(2,3)15(19)9-12-20(16,5)23/h14-16,23H,6-13H2,1-5H3,(H,21,22)/p-1/t14-,15+,16+,19-,20-/m1/s1. The van der Waals surface area contributed by atoms with Crippen LogP contribution in [0.2, 0.25) is 0 Å². The molecule has 0 spiro atoms. The van der Waals surface area contributed by atoms with E-state index in [1.807, 2.05) is 13.8 Å². The first-order valence-electron chi connectivity index (χ1n) is 9.41. The summed E-state index contributed by atoms with van der Waals surface area (Å²) in [5.74, 6) is 0.0788. The molecule has 3 heteroatoms. The molecule has 0 aromatic rings. The molecule has 0 aliphatic heterocycles. The molecule has 1 N–H and O–H groups in total. The monoisotopic (exact) mass is 323 g/mol. The Hall–Kier alpha value is -0.570. The first-order valence-corrected chi connectivity index (χ1v) is 9.41. The molecule has 2 fully saturated rings. The first kappa shape index (κ1) is 18.8. The molecule has 0 aromatic heterocycles. The van der Waals surface area contributed by atoms with Crippen LogP contribution in [-0.4, -0.2) is 16.7 Å². The average Bonchev–Trinajstić information content (AvgIpc) is 2.34. The largest absolute Gasteiger partial charge is 0.550 e. The summed E-state index contributed by atoms with van der Waals surface area (Å²) in [6.07, 6.45) is 7.60. The Morgan fingerprint density at radius 1 is 1.22 bits per heavy atom. The Morgan fingerprint density at radius 2 is 1.87 bits per heavy atom. The van der Waals surface area contributed by atoms with Gasteiger partial charge >= 0.3 is 0 Å². The summed E-state index contributed by atoms with van der Waals surface area (Å²) >= 11 is 0. The molecule has 0 amide bonds. The van der Waals surface area contributed by atoms with Crippen molar-refractivity contribution in [2.75, 3.05) is 0 Å². The summed E-state index contributed by atoms with van der Waals surface area (Å²) in [4.78, 5) is 10.8. The van der Waals surface area contributed by atoms with Gasteiger partial charge in [-0.05, 0) is 80.5 Å². The average molecular weight is 323 g/mol. The minimum atomic E-state index is -0.962. The van der Waals surface area contributed by atoms with E-state index in [0.29, 0.717) is 11.3 Å². The molecular formula is C20H35O3-. The van der Waals surface area contributed by atoms with Gasteiger partial charge in [-0.1, -0.05) is 34.1 Å². The highest BCUT2D eigenvalue weighted by Crippen LogP contribution is 2.63. The van der Waals surface area contributed by atoms with Crippen LogP contribution < -0.4 is 5.11 Å². The van der Waals surface area contributed by atoms with Gasteiger partial charge in [-0.15, -0.1) is 0 Å². The maximum atomic E-state index is 11.1. The fourth-order valence-corrected chi connectivity index (χ4v) is 6.10.